The van der Waals surface area contributed by atoms with E-state index in [9.17, 15) is 18.0 Å². The Morgan fingerprint density at radius 1 is 1.16 bits per heavy atom. The van der Waals surface area contributed by atoms with Gasteiger partial charge in [0.15, 0.2) is 0 Å². The van der Waals surface area contributed by atoms with Crippen LogP contribution < -0.4 is 9.46 Å². The van der Waals surface area contributed by atoms with Crippen molar-refractivity contribution in [1.82, 2.24) is 4.72 Å². The van der Waals surface area contributed by atoms with Crippen LogP contribution in [0.2, 0.25) is 0 Å². The van der Waals surface area contributed by atoms with Gasteiger partial charge in [-0.05, 0) is 30.7 Å². The van der Waals surface area contributed by atoms with Gasteiger partial charge in [0.05, 0.1) is 12.5 Å². The van der Waals surface area contributed by atoms with Crippen molar-refractivity contribution in [2.24, 2.45) is 0 Å². The van der Waals surface area contributed by atoms with E-state index in [1.807, 2.05) is 19.1 Å². The Hall–Kier alpha value is -2.71. The molecule has 1 atom stereocenters. The van der Waals surface area contributed by atoms with Gasteiger partial charge in [-0.2, -0.15) is 0 Å². The zero-order valence-corrected chi connectivity index (χ0v) is 14.2. The molecule has 0 saturated heterocycles. The van der Waals surface area contributed by atoms with Gasteiger partial charge in [-0.1, -0.05) is 30.3 Å². The molecule has 7 nitrogen and oxygen atoms in total. The van der Waals surface area contributed by atoms with Crippen LogP contribution >= 0.6 is 0 Å². The normalized spacial score (nSPS) is 12.4. The monoisotopic (exact) mass is 363 g/mol. The van der Waals surface area contributed by atoms with E-state index in [1.165, 1.54) is 18.2 Å². The summed E-state index contributed by atoms with van der Waals surface area (Å²) in [5.41, 5.74) is 0.819. The van der Waals surface area contributed by atoms with Crippen molar-refractivity contribution in [1.29, 1.82) is 0 Å². The summed E-state index contributed by atoms with van der Waals surface area (Å²) >= 11 is 0. The van der Waals surface area contributed by atoms with Gasteiger partial charge in [0.25, 0.3) is 0 Å². The third-order valence-corrected chi connectivity index (χ3v) is 4.85. The molecule has 0 fully saturated rings. The van der Waals surface area contributed by atoms with Crippen molar-refractivity contribution in [3.05, 3.63) is 54.1 Å². The minimum absolute atomic E-state index is 0.0734. The fourth-order valence-corrected chi connectivity index (χ4v) is 3.41. The van der Waals surface area contributed by atoms with E-state index in [-0.39, 0.29) is 16.9 Å². The second-order valence-electron chi connectivity index (χ2n) is 5.28. The van der Waals surface area contributed by atoms with Crippen LogP contribution in [0.4, 0.5) is 0 Å². The second kappa shape index (κ2) is 7.91. The lowest BCUT2D eigenvalue weighted by Crippen LogP contribution is -2.37. The number of nitrogens with one attached hydrogen (secondary N) is 1. The molecule has 0 aliphatic heterocycles. The molecule has 0 aliphatic rings. The molecule has 2 aromatic rings. The molecule has 0 amide bonds. The highest BCUT2D eigenvalue weighted by molar-refractivity contribution is 7.89. The average molecular weight is 363 g/mol. The standard InChI is InChI=1S/C17H17NO6S/c1-12-6-2-3-7-14(12)24-15-8-4-5-9-16(15)25(22,23)18-13(11-19)10-17(20)21/h2-9,11,13,18H,10H2,1H3,(H,20,21). The highest BCUT2D eigenvalue weighted by Crippen LogP contribution is 2.30. The Bertz CT molecular complexity index is 878. The van der Waals surface area contributed by atoms with Crippen LogP contribution in [0, 0.1) is 6.92 Å². The smallest absolute Gasteiger partial charge is 0.305 e. The fraction of sp³-hybridized carbons (Fsp3) is 0.176. The number of carbonyl (C=O) groups is 2. The van der Waals surface area contributed by atoms with Gasteiger partial charge in [-0.15, -0.1) is 0 Å². The van der Waals surface area contributed by atoms with Crippen molar-refractivity contribution in [2.45, 2.75) is 24.3 Å². The molecule has 0 radical (unpaired) electrons. The number of rotatable bonds is 8. The van der Waals surface area contributed by atoms with Gasteiger partial charge in [-0.3, -0.25) is 4.79 Å². The van der Waals surface area contributed by atoms with Crippen LogP contribution in [-0.2, 0) is 19.6 Å². The highest BCUT2D eigenvalue weighted by atomic mass is 32.2. The Morgan fingerprint density at radius 3 is 2.36 bits per heavy atom. The molecule has 0 aliphatic carbocycles. The van der Waals surface area contributed by atoms with Crippen molar-refractivity contribution < 1.29 is 27.9 Å². The molecule has 0 heterocycles. The first-order valence-corrected chi connectivity index (χ1v) is 8.83. The number of carboxylic acid groups (broad SMARTS) is 1. The molecule has 8 heteroatoms. The fourth-order valence-electron chi connectivity index (χ4n) is 2.11. The molecule has 2 N–H and O–H groups in total. The lowest BCUT2D eigenvalue weighted by atomic mass is 10.2. The van der Waals surface area contributed by atoms with Gasteiger partial charge in [-0.25, -0.2) is 13.1 Å². The lowest BCUT2D eigenvalue weighted by molar-refractivity contribution is -0.138. The summed E-state index contributed by atoms with van der Waals surface area (Å²) in [5, 5.41) is 8.74. The number of aliphatic carboxylic acids is 1. The SMILES string of the molecule is Cc1ccccc1Oc1ccccc1S(=O)(=O)NC(C=O)CC(=O)O. The summed E-state index contributed by atoms with van der Waals surface area (Å²) in [6.07, 6.45) is -0.403. The van der Waals surface area contributed by atoms with E-state index in [0.717, 1.165) is 5.56 Å². The van der Waals surface area contributed by atoms with Crippen LogP contribution in [0.3, 0.4) is 0 Å². The first-order valence-electron chi connectivity index (χ1n) is 7.35. The number of para-hydroxylation sites is 2. The van der Waals surface area contributed by atoms with Gasteiger partial charge in [0.2, 0.25) is 10.0 Å². The van der Waals surface area contributed by atoms with Crippen molar-refractivity contribution in [3.63, 3.8) is 0 Å². The molecular weight excluding hydrogens is 346 g/mol. The number of carboxylic acids is 1. The number of hydrogen-bond donors (Lipinski definition) is 2. The zero-order chi connectivity index (χ0) is 18.4. The van der Waals surface area contributed by atoms with E-state index in [2.05, 4.69) is 4.72 Å². The quantitative estimate of drug-likeness (QED) is 0.695. The maximum atomic E-state index is 12.5. The van der Waals surface area contributed by atoms with E-state index < -0.39 is 28.5 Å². The van der Waals surface area contributed by atoms with Gasteiger partial charge in [0.1, 0.15) is 22.7 Å². The van der Waals surface area contributed by atoms with Gasteiger partial charge in [0, 0.05) is 0 Å². The summed E-state index contributed by atoms with van der Waals surface area (Å²) in [6, 6.07) is 11.7. The molecule has 0 saturated carbocycles. The first kappa shape index (κ1) is 18.6. The van der Waals surface area contributed by atoms with Crippen LogP contribution in [0.5, 0.6) is 11.5 Å². The number of aldehydes is 1. The summed E-state index contributed by atoms with van der Waals surface area (Å²) in [6.45, 7) is 1.82. The number of ether oxygens (including phenoxy) is 1. The summed E-state index contributed by atoms with van der Waals surface area (Å²) < 4.78 is 32.8. The predicted molar refractivity (Wildman–Crippen MR) is 90.1 cm³/mol. The van der Waals surface area contributed by atoms with Crippen LogP contribution in [-0.4, -0.2) is 31.8 Å². The third-order valence-electron chi connectivity index (χ3n) is 3.32. The topological polar surface area (TPSA) is 110 Å². The van der Waals surface area contributed by atoms with Crippen LogP contribution in [0.25, 0.3) is 0 Å². The van der Waals surface area contributed by atoms with Gasteiger partial charge < -0.3 is 14.6 Å². The number of benzene rings is 2. The number of sulfonamides is 1. The molecule has 132 valence electrons. The lowest BCUT2D eigenvalue weighted by Gasteiger charge is -2.15. The van der Waals surface area contributed by atoms with E-state index in [0.29, 0.717) is 5.75 Å². The first-order chi connectivity index (χ1) is 11.8. The third kappa shape index (κ3) is 4.88. The van der Waals surface area contributed by atoms with Gasteiger partial charge >= 0.3 is 5.97 Å². The number of aryl methyl sites for hydroxylation is 1. The minimum atomic E-state index is -4.15. The zero-order valence-electron chi connectivity index (χ0n) is 13.4. The number of carbonyl (C=O) groups excluding carboxylic acids is 1. The maximum absolute atomic E-state index is 12.5. The molecule has 0 spiro atoms. The Balaban J connectivity index is 2.34. The van der Waals surface area contributed by atoms with Crippen molar-refractivity contribution in [3.8, 4) is 11.5 Å². The Morgan fingerprint density at radius 2 is 1.76 bits per heavy atom. The molecular formula is C17H17NO6S. The summed E-state index contributed by atoms with van der Waals surface area (Å²) in [4.78, 5) is 21.5. The maximum Gasteiger partial charge on any atom is 0.305 e. The van der Waals surface area contributed by atoms with Crippen molar-refractivity contribution in [2.75, 3.05) is 0 Å². The van der Waals surface area contributed by atoms with Crippen LogP contribution in [0.15, 0.2) is 53.4 Å². The number of hydrogen-bond acceptors (Lipinski definition) is 5. The largest absolute Gasteiger partial charge is 0.481 e. The molecule has 0 bridgehead atoms. The van der Waals surface area contributed by atoms with Crippen LogP contribution in [0.1, 0.15) is 12.0 Å². The molecule has 0 aromatic heterocycles. The van der Waals surface area contributed by atoms with Crippen molar-refractivity contribution >= 4 is 22.3 Å². The molecule has 2 rings (SSSR count). The van der Waals surface area contributed by atoms with E-state index in [4.69, 9.17) is 9.84 Å². The molecule has 25 heavy (non-hydrogen) atoms. The second-order valence-corrected chi connectivity index (χ2v) is 6.96. The molecule has 2 aromatic carbocycles. The Kier molecular flexibility index (Phi) is 5.89. The summed E-state index contributed by atoms with van der Waals surface area (Å²) in [7, 11) is -4.15. The molecule has 1 unspecified atom stereocenters. The predicted octanol–water partition coefficient (Wildman–Crippen LogP) is 2.11. The van der Waals surface area contributed by atoms with E-state index >= 15 is 0 Å². The summed E-state index contributed by atoms with van der Waals surface area (Å²) in [5.74, 6) is -0.726. The average Bonchev–Trinajstić information content (AvgIpc) is 2.56. The van der Waals surface area contributed by atoms with E-state index in [1.54, 1.807) is 18.2 Å². The Labute approximate surface area is 145 Å². The minimum Gasteiger partial charge on any atom is -0.481 e. The highest BCUT2D eigenvalue weighted by Gasteiger charge is 2.25.